The Hall–Kier alpha value is -4.48. The summed E-state index contributed by atoms with van der Waals surface area (Å²) in [6.45, 7) is 0.781. The van der Waals surface area contributed by atoms with Crippen molar-refractivity contribution in [1.29, 1.82) is 0 Å². The lowest BCUT2D eigenvalue weighted by Gasteiger charge is -2.20. The highest BCUT2D eigenvalue weighted by Crippen LogP contribution is 2.25. The van der Waals surface area contributed by atoms with Crippen LogP contribution in [-0.2, 0) is 16.0 Å². The van der Waals surface area contributed by atoms with Crippen LogP contribution in [0.5, 0.6) is 11.5 Å². The van der Waals surface area contributed by atoms with Crippen molar-refractivity contribution in [2.24, 2.45) is 0 Å². The summed E-state index contributed by atoms with van der Waals surface area (Å²) in [5, 5.41) is 12.5. The number of rotatable bonds is 7. The molecule has 3 aromatic rings. The summed E-state index contributed by atoms with van der Waals surface area (Å²) in [5.41, 5.74) is 1.15. The van der Waals surface area contributed by atoms with Gasteiger partial charge in [-0.3, -0.25) is 19.4 Å². The maximum absolute atomic E-state index is 12.8. The first-order valence-corrected chi connectivity index (χ1v) is 12.9. The van der Waals surface area contributed by atoms with E-state index in [1.54, 1.807) is 36.7 Å². The summed E-state index contributed by atoms with van der Waals surface area (Å²) in [5.74, 6) is 1.04. The summed E-state index contributed by atoms with van der Waals surface area (Å²) in [6, 6.07) is 7.92. The second kappa shape index (κ2) is 13.9. The monoisotopic (exact) mass is 536 g/mol. The second-order valence-corrected chi connectivity index (χ2v) is 8.98. The predicted molar refractivity (Wildman–Crippen MR) is 140 cm³/mol. The Balaban J connectivity index is 1.28. The number of carbonyl (C=O) groups excluding carboxylic acids is 3. The highest BCUT2D eigenvalue weighted by atomic mass is 16.5. The van der Waals surface area contributed by atoms with Crippen molar-refractivity contribution in [2.75, 3.05) is 26.8 Å². The lowest BCUT2D eigenvalue weighted by molar-refractivity contribution is -0.129. The van der Waals surface area contributed by atoms with E-state index in [2.05, 4.69) is 31.1 Å². The smallest absolute Gasteiger partial charge is 0.255 e. The largest absolute Gasteiger partial charge is 0.497 e. The predicted octanol–water partition coefficient (Wildman–Crippen LogP) is 2.06. The van der Waals surface area contributed by atoms with Crippen LogP contribution >= 0.6 is 0 Å². The normalized spacial score (nSPS) is 16.6. The topological polar surface area (TPSA) is 158 Å². The minimum absolute atomic E-state index is 0.144. The van der Waals surface area contributed by atoms with Crippen LogP contribution < -0.4 is 25.4 Å². The summed E-state index contributed by atoms with van der Waals surface area (Å²) in [6.07, 6.45) is 6.16. The minimum atomic E-state index is -0.691. The Morgan fingerprint density at radius 3 is 2.90 bits per heavy atom. The third kappa shape index (κ3) is 8.00. The molecule has 3 amide bonds. The van der Waals surface area contributed by atoms with Crippen molar-refractivity contribution in [3.63, 3.8) is 0 Å². The van der Waals surface area contributed by atoms with Gasteiger partial charge >= 0.3 is 0 Å². The van der Waals surface area contributed by atoms with Gasteiger partial charge in [0.1, 0.15) is 24.1 Å². The van der Waals surface area contributed by atoms with Crippen LogP contribution in [0.2, 0.25) is 0 Å². The van der Waals surface area contributed by atoms with Gasteiger partial charge in [0.15, 0.2) is 0 Å². The maximum atomic E-state index is 12.8. The Labute approximate surface area is 225 Å². The van der Waals surface area contributed by atoms with Gasteiger partial charge in [-0.15, -0.1) is 0 Å². The molecule has 2 aromatic heterocycles. The number of carbonyl (C=O) groups is 3. The Kier molecular flexibility index (Phi) is 9.81. The number of hydrogen-bond acceptors (Lipinski definition) is 9. The van der Waals surface area contributed by atoms with Crippen LogP contribution in [0.3, 0.4) is 0 Å². The number of hydrogen-bond donors (Lipinski definition) is 3. The van der Waals surface area contributed by atoms with Crippen molar-refractivity contribution in [3.05, 3.63) is 54.2 Å². The molecule has 0 saturated carbocycles. The number of aromatic nitrogens is 3. The Morgan fingerprint density at radius 2 is 2.08 bits per heavy atom. The molecular formula is C27H32N6O6. The molecule has 1 aromatic carbocycles. The van der Waals surface area contributed by atoms with Gasteiger partial charge in [-0.05, 0) is 49.9 Å². The third-order valence-electron chi connectivity index (χ3n) is 6.13. The molecule has 3 N–H and O–H groups in total. The van der Waals surface area contributed by atoms with E-state index in [0.717, 1.165) is 5.56 Å². The molecule has 1 atom stereocenters. The fraction of sp³-hybridized carbons (Fsp3) is 0.407. The molecule has 0 spiro atoms. The van der Waals surface area contributed by atoms with Crippen LogP contribution in [0.4, 0.5) is 0 Å². The first kappa shape index (κ1) is 27.6. The van der Waals surface area contributed by atoms with E-state index >= 15 is 0 Å². The molecule has 12 heteroatoms. The molecule has 1 aliphatic heterocycles. The van der Waals surface area contributed by atoms with Crippen LogP contribution in [0.15, 0.2) is 47.2 Å². The van der Waals surface area contributed by atoms with E-state index in [4.69, 9.17) is 14.0 Å². The number of ether oxygens (including phenoxy) is 2. The number of pyridine rings is 1. The fourth-order valence-corrected chi connectivity index (χ4v) is 4.07. The van der Waals surface area contributed by atoms with E-state index in [1.165, 1.54) is 7.11 Å². The SMILES string of the molecule is COc1ccc2c(c1)OCCNC(=O)[C@@H](NC(=O)CCCc1nc(-c3cccnc3)no1)CCCCNC2=O. The van der Waals surface area contributed by atoms with E-state index < -0.39 is 6.04 Å². The van der Waals surface area contributed by atoms with E-state index in [0.29, 0.717) is 67.4 Å². The van der Waals surface area contributed by atoms with Gasteiger partial charge < -0.3 is 29.9 Å². The van der Waals surface area contributed by atoms with Crippen molar-refractivity contribution in [2.45, 2.75) is 44.6 Å². The zero-order valence-corrected chi connectivity index (χ0v) is 21.8. The van der Waals surface area contributed by atoms with E-state index in [-0.39, 0.29) is 37.3 Å². The summed E-state index contributed by atoms with van der Waals surface area (Å²) in [4.78, 5) is 46.5. The molecule has 206 valence electrons. The minimum Gasteiger partial charge on any atom is -0.497 e. The molecule has 12 nitrogen and oxygen atoms in total. The van der Waals surface area contributed by atoms with Gasteiger partial charge in [0.2, 0.25) is 23.5 Å². The molecular weight excluding hydrogens is 504 g/mol. The first-order valence-electron chi connectivity index (χ1n) is 12.9. The van der Waals surface area contributed by atoms with Gasteiger partial charge in [0, 0.05) is 43.4 Å². The number of fused-ring (bicyclic) bond motifs is 1. The van der Waals surface area contributed by atoms with Gasteiger partial charge in [-0.1, -0.05) is 5.16 Å². The van der Waals surface area contributed by atoms with Crippen molar-refractivity contribution >= 4 is 17.7 Å². The third-order valence-corrected chi connectivity index (χ3v) is 6.13. The second-order valence-electron chi connectivity index (χ2n) is 8.98. The quantitative estimate of drug-likeness (QED) is 0.411. The van der Waals surface area contributed by atoms with Gasteiger partial charge in [0.05, 0.1) is 19.2 Å². The van der Waals surface area contributed by atoms with Crippen LogP contribution in [0.1, 0.15) is 48.4 Å². The number of methoxy groups -OCH3 is 1. The van der Waals surface area contributed by atoms with Crippen molar-refractivity contribution in [1.82, 2.24) is 31.1 Å². The lowest BCUT2D eigenvalue weighted by atomic mass is 10.1. The summed E-state index contributed by atoms with van der Waals surface area (Å²) >= 11 is 0. The summed E-state index contributed by atoms with van der Waals surface area (Å²) in [7, 11) is 1.53. The summed E-state index contributed by atoms with van der Waals surface area (Å²) < 4.78 is 16.3. The molecule has 0 fully saturated rings. The number of nitrogens with one attached hydrogen (secondary N) is 3. The highest BCUT2D eigenvalue weighted by molar-refractivity contribution is 5.97. The zero-order valence-electron chi connectivity index (χ0n) is 21.8. The van der Waals surface area contributed by atoms with Crippen LogP contribution in [-0.4, -0.2) is 65.7 Å². The van der Waals surface area contributed by atoms with Gasteiger partial charge in [-0.2, -0.15) is 4.98 Å². The number of benzene rings is 1. The van der Waals surface area contributed by atoms with Gasteiger partial charge in [0.25, 0.3) is 5.91 Å². The van der Waals surface area contributed by atoms with E-state index in [1.807, 2.05) is 6.07 Å². The maximum Gasteiger partial charge on any atom is 0.255 e. The average molecular weight is 537 g/mol. The number of aryl methyl sites for hydroxylation is 1. The van der Waals surface area contributed by atoms with Crippen molar-refractivity contribution in [3.8, 4) is 22.9 Å². The average Bonchev–Trinajstić information content (AvgIpc) is 3.43. The van der Waals surface area contributed by atoms with Crippen LogP contribution in [0.25, 0.3) is 11.4 Å². The Bertz CT molecular complexity index is 1260. The lowest BCUT2D eigenvalue weighted by Crippen LogP contribution is -2.47. The molecule has 0 aliphatic carbocycles. The first-order chi connectivity index (χ1) is 19.0. The molecule has 3 heterocycles. The highest BCUT2D eigenvalue weighted by Gasteiger charge is 2.21. The van der Waals surface area contributed by atoms with Crippen molar-refractivity contribution < 1.29 is 28.4 Å². The van der Waals surface area contributed by atoms with Gasteiger partial charge in [-0.25, -0.2) is 0 Å². The molecule has 0 radical (unpaired) electrons. The van der Waals surface area contributed by atoms with E-state index in [9.17, 15) is 14.4 Å². The Morgan fingerprint density at radius 1 is 1.18 bits per heavy atom. The molecule has 1 aliphatic rings. The fourth-order valence-electron chi connectivity index (χ4n) is 4.07. The molecule has 0 saturated heterocycles. The molecule has 4 rings (SSSR count). The molecule has 0 unspecified atom stereocenters. The van der Waals surface area contributed by atoms with Crippen LogP contribution in [0, 0.1) is 0 Å². The zero-order chi connectivity index (χ0) is 27.5. The molecule has 39 heavy (non-hydrogen) atoms. The standard InChI is InChI=1S/C27H32N6O6/c1-37-19-10-11-20-22(16-19)38-15-14-30-27(36)21(7-2-3-13-29-26(20)35)31-23(34)8-4-9-24-32-25(33-39-24)18-6-5-12-28-17-18/h5-6,10-12,16-17,21H,2-4,7-9,13-15H2,1H3,(H,29,35)(H,30,36)(H,31,34)/t21-/m0/s1. The molecule has 0 bridgehead atoms. The number of amides is 3. The number of nitrogens with zero attached hydrogens (tertiary/aromatic N) is 3.